The van der Waals surface area contributed by atoms with E-state index in [-0.39, 0.29) is 42.4 Å². The topological polar surface area (TPSA) is 59.6 Å². The van der Waals surface area contributed by atoms with Crippen molar-refractivity contribution in [1.82, 2.24) is 5.32 Å². The Labute approximate surface area is 168 Å². The summed E-state index contributed by atoms with van der Waals surface area (Å²) in [4.78, 5) is 5.20. The van der Waals surface area contributed by atoms with Crippen LogP contribution in [0, 0.1) is 5.82 Å². The van der Waals surface area contributed by atoms with Gasteiger partial charge in [0, 0.05) is 22.4 Å². The van der Waals surface area contributed by atoms with Crippen LogP contribution in [-0.2, 0) is 6.54 Å². The molecule has 25 heavy (non-hydrogen) atoms. The Hall–Kier alpha value is -1.48. The Bertz CT molecular complexity index is 757. The van der Waals surface area contributed by atoms with Gasteiger partial charge in [0.25, 0.3) is 0 Å². The smallest absolute Gasteiger partial charge is 0.189 e. The second-order valence-electron chi connectivity index (χ2n) is 5.49. The van der Waals surface area contributed by atoms with Crippen LogP contribution in [0.2, 0.25) is 0 Å². The molecule has 1 aliphatic heterocycles. The van der Waals surface area contributed by atoms with Crippen LogP contribution in [0.15, 0.2) is 52.4 Å². The first-order chi connectivity index (χ1) is 11.7. The summed E-state index contributed by atoms with van der Waals surface area (Å²) >= 11 is 1.50. The maximum Gasteiger partial charge on any atom is 0.189 e. The highest BCUT2D eigenvalue weighted by molar-refractivity contribution is 14.0. The molecule has 0 saturated carbocycles. The first-order valence-electron chi connectivity index (χ1n) is 7.78. The van der Waals surface area contributed by atoms with E-state index in [9.17, 15) is 4.39 Å². The van der Waals surface area contributed by atoms with Gasteiger partial charge in [-0.25, -0.2) is 9.38 Å². The lowest BCUT2D eigenvalue weighted by Gasteiger charge is -2.27. The Kier molecular flexibility index (Phi) is 7.37. The Balaban J connectivity index is 0.00000225. The minimum atomic E-state index is -0.255. The van der Waals surface area contributed by atoms with Crippen molar-refractivity contribution in [3.63, 3.8) is 0 Å². The van der Waals surface area contributed by atoms with Gasteiger partial charge < -0.3 is 15.8 Å². The third-order valence-electron chi connectivity index (χ3n) is 3.98. The molecule has 134 valence electrons. The summed E-state index contributed by atoms with van der Waals surface area (Å²) < 4.78 is 19.6. The quantitative estimate of drug-likeness (QED) is 0.304. The molecule has 0 aromatic heterocycles. The van der Waals surface area contributed by atoms with E-state index in [2.05, 4.69) is 10.3 Å². The van der Waals surface area contributed by atoms with Gasteiger partial charge >= 0.3 is 0 Å². The highest BCUT2D eigenvalue weighted by Crippen LogP contribution is 2.31. The predicted molar refractivity (Wildman–Crippen MR) is 111 cm³/mol. The number of para-hydroxylation sites is 1. The van der Waals surface area contributed by atoms with E-state index in [1.54, 1.807) is 6.07 Å². The maximum absolute atomic E-state index is 14.0. The molecule has 1 aliphatic rings. The molecule has 0 radical (unpaired) electrons. The van der Waals surface area contributed by atoms with Crippen LogP contribution < -0.4 is 15.8 Å². The number of nitrogens with one attached hydrogen (secondary N) is 1. The van der Waals surface area contributed by atoms with Gasteiger partial charge in [-0.3, -0.25) is 0 Å². The van der Waals surface area contributed by atoms with Crippen molar-refractivity contribution in [3.8, 4) is 5.75 Å². The van der Waals surface area contributed by atoms with Gasteiger partial charge in [-0.1, -0.05) is 24.3 Å². The zero-order valence-electron chi connectivity index (χ0n) is 13.9. The molecule has 7 heteroatoms. The van der Waals surface area contributed by atoms with Crippen LogP contribution in [-0.4, -0.2) is 18.8 Å². The standard InChI is InChI=1S/C18H20FN3OS.HI/c1-24-17-8-4-6-14(19)13(17)11-21-18(20)22-15-9-10-23-16-7-3-2-5-12(15)16;/h2-8,15H,9-11H2,1H3,(H3,20,21,22);1H. The fourth-order valence-corrected chi connectivity index (χ4v) is 3.39. The van der Waals surface area contributed by atoms with Gasteiger partial charge in [0.15, 0.2) is 5.96 Å². The zero-order chi connectivity index (χ0) is 16.9. The van der Waals surface area contributed by atoms with Crippen LogP contribution in [0.4, 0.5) is 4.39 Å². The fourth-order valence-electron chi connectivity index (χ4n) is 2.76. The van der Waals surface area contributed by atoms with E-state index < -0.39 is 0 Å². The molecular weight excluding hydrogens is 452 g/mol. The minimum Gasteiger partial charge on any atom is -0.493 e. The molecule has 3 N–H and O–H groups in total. The number of fused-ring (bicyclic) bond motifs is 1. The van der Waals surface area contributed by atoms with Gasteiger partial charge in [-0.2, -0.15) is 0 Å². The van der Waals surface area contributed by atoms with E-state index in [4.69, 9.17) is 10.5 Å². The summed E-state index contributed by atoms with van der Waals surface area (Å²) in [5.41, 5.74) is 7.66. The van der Waals surface area contributed by atoms with Crippen molar-refractivity contribution >= 4 is 41.7 Å². The van der Waals surface area contributed by atoms with Gasteiger partial charge in [-0.05, 0) is 24.5 Å². The van der Waals surface area contributed by atoms with Crippen molar-refractivity contribution in [3.05, 3.63) is 59.4 Å². The lowest BCUT2D eigenvalue weighted by Crippen LogP contribution is -2.37. The molecule has 2 aromatic carbocycles. The van der Waals surface area contributed by atoms with Gasteiger partial charge in [0.05, 0.1) is 19.2 Å². The Morgan fingerprint density at radius 2 is 2.12 bits per heavy atom. The molecule has 0 bridgehead atoms. The number of rotatable bonds is 4. The lowest BCUT2D eigenvalue weighted by molar-refractivity contribution is 0.262. The second-order valence-corrected chi connectivity index (χ2v) is 6.34. The van der Waals surface area contributed by atoms with Crippen LogP contribution >= 0.6 is 35.7 Å². The number of thioether (sulfide) groups is 1. The van der Waals surface area contributed by atoms with Crippen molar-refractivity contribution in [1.29, 1.82) is 0 Å². The molecule has 0 spiro atoms. The number of benzene rings is 2. The van der Waals surface area contributed by atoms with Crippen molar-refractivity contribution in [2.24, 2.45) is 10.7 Å². The number of hydrogen-bond donors (Lipinski definition) is 2. The lowest BCUT2D eigenvalue weighted by atomic mass is 10.0. The van der Waals surface area contributed by atoms with E-state index in [1.807, 2.05) is 36.6 Å². The van der Waals surface area contributed by atoms with Gasteiger partial charge in [0.2, 0.25) is 0 Å². The summed E-state index contributed by atoms with van der Waals surface area (Å²) in [5.74, 6) is 0.926. The molecule has 2 aromatic rings. The van der Waals surface area contributed by atoms with Gasteiger partial charge in [-0.15, -0.1) is 35.7 Å². The van der Waals surface area contributed by atoms with Crippen LogP contribution in [0.5, 0.6) is 5.75 Å². The molecule has 0 amide bonds. The largest absolute Gasteiger partial charge is 0.493 e. The summed E-state index contributed by atoms with van der Waals surface area (Å²) in [7, 11) is 0. The molecule has 1 unspecified atom stereocenters. The Morgan fingerprint density at radius 3 is 2.92 bits per heavy atom. The van der Waals surface area contributed by atoms with Crippen LogP contribution in [0.3, 0.4) is 0 Å². The zero-order valence-corrected chi connectivity index (χ0v) is 17.0. The van der Waals surface area contributed by atoms with Crippen LogP contribution in [0.1, 0.15) is 23.6 Å². The average molecular weight is 473 g/mol. The maximum atomic E-state index is 14.0. The van der Waals surface area contributed by atoms with Crippen LogP contribution in [0.25, 0.3) is 0 Å². The number of guanidine groups is 1. The normalized spacial score (nSPS) is 16.4. The van der Waals surface area contributed by atoms with E-state index >= 15 is 0 Å². The van der Waals surface area contributed by atoms with Crippen molar-refractivity contribution < 1.29 is 9.13 Å². The highest BCUT2D eigenvalue weighted by Gasteiger charge is 2.21. The van der Waals surface area contributed by atoms with E-state index in [0.29, 0.717) is 18.1 Å². The molecule has 1 atom stereocenters. The number of aliphatic imine (C=N–C) groups is 1. The van der Waals surface area contributed by atoms with Crippen molar-refractivity contribution in [2.45, 2.75) is 23.9 Å². The summed E-state index contributed by atoms with van der Waals surface area (Å²) in [6.07, 6.45) is 2.73. The van der Waals surface area contributed by atoms with E-state index in [0.717, 1.165) is 22.6 Å². The minimum absolute atomic E-state index is 0. The molecule has 0 saturated heterocycles. The second kappa shape index (κ2) is 9.28. The number of halogens is 2. The summed E-state index contributed by atoms with van der Waals surface area (Å²) in [6.45, 7) is 0.846. The number of ether oxygens (including phenoxy) is 1. The molecule has 0 fully saturated rings. The fraction of sp³-hybridized carbons (Fsp3) is 0.278. The number of nitrogens with zero attached hydrogens (tertiary/aromatic N) is 1. The third kappa shape index (κ3) is 4.78. The monoisotopic (exact) mass is 473 g/mol. The predicted octanol–water partition coefficient (Wildman–Crippen LogP) is 4.09. The molecule has 1 heterocycles. The number of nitrogens with two attached hydrogens (primary N) is 1. The summed E-state index contributed by atoms with van der Waals surface area (Å²) in [5, 5.41) is 3.22. The number of hydrogen-bond acceptors (Lipinski definition) is 3. The molecule has 3 rings (SSSR count). The first kappa shape index (κ1) is 19.8. The average Bonchev–Trinajstić information content (AvgIpc) is 2.61. The highest BCUT2D eigenvalue weighted by atomic mass is 127. The first-order valence-corrected chi connectivity index (χ1v) is 9.01. The SMILES string of the molecule is CSc1cccc(F)c1CN=C(N)NC1CCOc2ccccc21.I. The Morgan fingerprint density at radius 1 is 1.32 bits per heavy atom. The third-order valence-corrected chi connectivity index (χ3v) is 4.81. The van der Waals surface area contributed by atoms with E-state index in [1.165, 1.54) is 17.8 Å². The molecule has 0 aliphatic carbocycles. The molecule has 4 nitrogen and oxygen atoms in total. The summed E-state index contributed by atoms with van der Waals surface area (Å²) in [6, 6.07) is 13.0. The van der Waals surface area contributed by atoms with Crippen molar-refractivity contribution in [2.75, 3.05) is 12.9 Å². The molecular formula is C18H21FIN3OS. The van der Waals surface area contributed by atoms with Gasteiger partial charge in [0.1, 0.15) is 11.6 Å².